The Kier molecular flexibility index (Phi) is 6.05. The molecule has 0 aliphatic carbocycles. The number of thiophene rings is 1. The number of hydrogen-bond donors (Lipinski definition) is 0. The second-order valence-electron chi connectivity index (χ2n) is 13.0. The highest BCUT2D eigenvalue weighted by Crippen LogP contribution is 2.39. The molecule has 11 aromatic rings. The zero-order chi connectivity index (χ0) is 33.5. The summed E-state index contributed by atoms with van der Waals surface area (Å²) in [7, 11) is 0. The van der Waals surface area contributed by atoms with Crippen molar-refractivity contribution in [3.8, 4) is 33.8 Å². The third-order valence-electron chi connectivity index (χ3n) is 10.1. The molecule has 0 aliphatic rings. The molecule has 0 spiro atoms. The van der Waals surface area contributed by atoms with Crippen molar-refractivity contribution in [1.29, 1.82) is 0 Å². The summed E-state index contributed by atoms with van der Waals surface area (Å²) in [6, 6.07) is 56.2. The lowest BCUT2D eigenvalue weighted by atomic mass is 10.0. The van der Waals surface area contributed by atoms with Gasteiger partial charge in [0.15, 0.2) is 0 Å². The van der Waals surface area contributed by atoms with Crippen molar-refractivity contribution in [2.45, 2.75) is 0 Å². The number of fused-ring (bicyclic) bond motifs is 9. The Morgan fingerprint density at radius 3 is 1.53 bits per heavy atom. The summed E-state index contributed by atoms with van der Waals surface area (Å²) >= 11 is 1.59. The Balaban J connectivity index is 1.04. The van der Waals surface area contributed by atoms with Crippen molar-refractivity contribution in [2.75, 3.05) is 0 Å². The molecule has 0 radical (unpaired) electrons. The summed E-state index contributed by atoms with van der Waals surface area (Å²) in [6.07, 6.45) is 1.99. The average Bonchev–Trinajstić information content (AvgIpc) is 3.85. The van der Waals surface area contributed by atoms with Gasteiger partial charge in [0.25, 0.3) is 0 Å². The number of para-hydroxylation sites is 4. The van der Waals surface area contributed by atoms with Gasteiger partial charge in [-0.25, -0.2) is 4.98 Å². The van der Waals surface area contributed by atoms with Crippen LogP contribution in [-0.2, 0) is 0 Å². The van der Waals surface area contributed by atoms with Gasteiger partial charge in [0.2, 0.25) is 0 Å². The van der Waals surface area contributed by atoms with Gasteiger partial charge in [-0.1, -0.05) is 96.3 Å². The lowest BCUT2D eigenvalue weighted by Gasteiger charge is -2.08. The molecule has 0 saturated carbocycles. The normalized spacial score (nSPS) is 11.9. The van der Waals surface area contributed by atoms with Crippen LogP contribution in [-0.4, -0.2) is 24.3 Å². The van der Waals surface area contributed by atoms with Crippen LogP contribution < -0.4 is 0 Å². The van der Waals surface area contributed by atoms with E-state index >= 15 is 0 Å². The number of nitrogens with zero attached hydrogens (tertiary/aromatic N) is 5. The lowest BCUT2D eigenvalue weighted by molar-refractivity contribution is 1.09. The maximum atomic E-state index is 4.94. The molecule has 6 aromatic carbocycles. The summed E-state index contributed by atoms with van der Waals surface area (Å²) < 4.78 is 4.68. The van der Waals surface area contributed by atoms with Crippen LogP contribution in [0, 0.1) is 0 Å². The van der Waals surface area contributed by atoms with Crippen LogP contribution in [0.2, 0.25) is 0 Å². The molecule has 0 aliphatic heterocycles. The average molecular weight is 670 g/mol. The molecule has 11 rings (SSSR count). The molecule has 0 unspecified atom stereocenters. The molecular weight excluding hydrogens is 643 g/mol. The largest absolute Gasteiger partial charge is 0.309 e. The first kappa shape index (κ1) is 28.2. The minimum atomic E-state index is 0.848. The smallest absolute Gasteiger partial charge is 0.148 e. The first-order valence-corrected chi connectivity index (χ1v) is 17.8. The minimum absolute atomic E-state index is 0.848. The summed E-state index contributed by atoms with van der Waals surface area (Å²) in [5.41, 5.74) is 11.1. The van der Waals surface area contributed by atoms with Crippen molar-refractivity contribution < 1.29 is 0 Å². The van der Waals surface area contributed by atoms with E-state index in [-0.39, 0.29) is 0 Å². The predicted molar refractivity (Wildman–Crippen MR) is 212 cm³/mol. The number of pyridine rings is 1. The zero-order valence-electron chi connectivity index (χ0n) is 27.2. The van der Waals surface area contributed by atoms with Crippen molar-refractivity contribution in [3.63, 3.8) is 0 Å². The first-order valence-electron chi connectivity index (χ1n) is 17.0. The van der Waals surface area contributed by atoms with Gasteiger partial charge in [-0.15, -0.1) is 10.2 Å². The van der Waals surface area contributed by atoms with Gasteiger partial charge in [-0.3, -0.25) is 0 Å². The second kappa shape index (κ2) is 10.9. The maximum Gasteiger partial charge on any atom is 0.148 e. The fourth-order valence-corrected chi connectivity index (χ4v) is 8.69. The van der Waals surface area contributed by atoms with E-state index in [0.717, 1.165) is 54.2 Å². The van der Waals surface area contributed by atoms with Crippen LogP contribution >= 0.6 is 11.3 Å². The summed E-state index contributed by atoms with van der Waals surface area (Å²) in [5, 5.41) is 16.5. The topological polar surface area (TPSA) is 48.5 Å². The molecule has 51 heavy (non-hydrogen) atoms. The molecule has 5 aromatic heterocycles. The van der Waals surface area contributed by atoms with Gasteiger partial charge < -0.3 is 9.13 Å². The SMILES string of the molecule is c1ccc(-n2c3ccccc3c3cc(-c4cnc5sc6nnc(-c7ccc8c(c7)c7ccccc7n8-c7ccccc7)cc6c5c4)ccc32)cc1. The summed E-state index contributed by atoms with van der Waals surface area (Å²) in [6.45, 7) is 0. The predicted octanol–water partition coefficient (Wildman–Crippen LogP) is 11.8. The minimum Gasteiger partial charge on any atom is -0.309 e. The van der Waals surface area contributed by atoms with Crippen molar-refractivity contribution in [2.24, 2.45) is 0 Å². The molecule has 0 bridgehead atoms. The molecule has 0 N–H and O–H groups in total. The van der Waals surface area contributed by atoms with E-state index in [9.17, 15) is 0 Å². The van der Waals surface area contributed by atoms with Crippen LogP contribution in [0.15, 0.2) is 164 Å². The van der Waals surface area contributed by atoms with Gasteiger partial charge >= 0.3 is 0 Å². The van der Waals surface area contributed by atoms with E-state index in [0.29, 0.717) is 0 Å². The van der Waals surface area contributed by atoms with Crippen LogP contribution in [0.4, 0.5) is 0 Å². The lowest BCUT2D eigenvalue weighted by Crippen LogP contribution is -1.93. The van der Waals surface area contributed by atoms with Crippen molar-refractivity contribution >= 4 is 75.4 Å². The van der Waals surface area contributed by atoms with Crippen LogP contribution in [0.3, 0.4) is 0 Å². The van der Waals surface area contributed by atoms with E-state index in [1.54, 1.807) is 11.3 Å². The Morgan fingerprint density at radius 1 is 0.373 bits per heavy atom. The van der Waals surface area contributed by atoms with Gasteiger partial charge in [-0.05, 0) is 78.4 Å². The zero-order valence-corrected chi connectivity index (χ0v) is 28.0. The monoisotopic (exact) mass is 669 g/mol. The van der Waals surface area contributed by atoms with Gasteiger partial charge in [-0.2, -0.15) is 0 Å². The molecule has 0 amide bonds. The molecule has 6 heteroatoms. The third kappa shape index (κ3) is 4.30. The highest BCUT2D eigenvalue weighted by molar-refractivity contribution is 7.25. The molecule has 0 fully saturated rings. The molecule has 5 heterocycles. The molecule has 5 nitrogen and oxygen atoms in total. The van der Waals surface area contributed by atoms with Crippen LogP contribution in [0.1, 0.15) is 0 Å². The fourth-order valence-electron chi connectivity index (χ4n) is 7.76. The Hall–Kier alpha value is -6.63. The maximum absolute atomic E-state index is 4.94. The van der Waals surface area contributed by atoms with Gasteiger partial charge in [0, 0.05) is 61.0 Å². The van der Waals surface area contributed by atoms with E-state index in [2.05, 4.69) is 167 Å². The summed E-state index contributed by atoms with van der Waals surface area (Å²) in [5.74, 6) is 0. The number of rotatable bonds is 4. The molecular formula is C45H27N5S. The summed E-state index contributed by atoms with van der Waals surface area (Å²) in [4.78, 5) is 6.79. The number of hydrogen-bond acceptors (Lipinski definition) is 4. The van der Waals surface area contributed by atoms with E-state index in [1.165, 1.54) is 43.6 Å². The molecule has 238 valence electrons. The van der Waals surface area contributed by atoms with Gasteiger partial charge in [0.1, 0.15) is 9.66 Å². The Bertz CT molecular complexity index is 2920. The molecule has 0 atom stereocenters. The van der Waals surface area contributed by atoms with E-state index in [1.807, 2.05) is 6.20 Å². The molecule has 0 saturated heterocycles. The van der Waals surface area contributed by atoms with Crippen molar-refractivity contribution in [1.82, 2.24) is 24.3 Å². The Morgan fingerprint density at radius 2 is 0.882 bits per heavy atom. The highest BCUT2D eigenvalue weighted by atomic mass is 32.1. The van der Waals surface area contributed by atoms with E-state index in [4.69, 9.17) is 15.2 Å². The fraction of sp³-hybridized carbons (Fsp3) is 0. The number of aromatic nitrogens is 5. The first-order chi connectivity index (χ1) is 25.3. The van der Waals surface area contributed by atoms with Crippen LogP contribution in [0.5, 0.6) is 0 Å². The van der Waals surface area contributed by atoms with Crippen LogP contribution in [0.25, 0.3) is 97.8 Å². The quantitative estimate of drug-likeness (QED) is 0.187. The standard InChI is InChI=1S/C45H27N5S/c1-3-11-31(12-4-1)49-40-17-9-7-15-33(40)35-23-28(19-21-42(35)49)30-25-37-38-26-39(47-48-45(38)51-44(37)46-27-30)29-20-22-43-36(24-29)34-16-8-10-18-41(34)50(43)32-13-5-2-6-14-32/h1-27H. The number of benzene rings is 6. The Labute approximate surface area is 296 Å². The van der Waals surface area contributed by atoms with Gasteiger partial charge in [0.05, 0.1) is 27.8 Å². The third-order valence-corrected chi connectivity index (χ3v) is 11.1. The van der Waals surface area contributed by atoms with Crippen molar-refractivity contribution in [3.05, 3.63) is 164 Å². The highest BCUT2D eigenvalue weighted by Gasteiger charge is 2.17. The van der Waals surface area contributed by atoms with E-state index < -0.39 is 0 Å². The second-order valence-corrected chi connectivity index (χ2v) is 13.9.